The van der Waals surface area contributed by atoms with Gasteiger partial charge in [0.25, 0.3) is 5.56 Å². The van der Waals surface area contributed by atoms with Crippen LogP contribution in [0.3, 0.4) is 0 Å². The molecule has 34 heavy (non-hydrogen) atoms. The largest absolute Gasteiger partial charge is 0.352 e. The van der Waals surface area contributed by atoms with E-state index >= 15 is 0 Å². The zero-order valence-corrected chi connectivity index (χ0v) is 20.0. The number of rotatable bonds is 10. The Labute approximate surface area is 198 Å². The van der Waals surface area contributed by atoms with Crippen LogP contribution in [-0.4, -0.2) is 27.0 Å². The van der Waals surface area contributed by atoms with Gasteiger partial charge in [0, 0.05) is 25.6 Å². The molecule has 3 aromatic rings. The third-order valence-electron chi connectivity index (χ3n) is 5.85. The van der Waals surface area contributed by atoms with Crippen LogP contribution in [0, 0.1) is 6.92 Å². The Kier molecular flexibility index (Phi) is 8.40. The maximum Gasteiger partial charge on any atom is 0.331 e. The predicted octanol–water partition coefficient (Wildman–Crippen LogP) is 2.48. The minimum absolute atomic E-state index is 0.0150. The van der Waals surface area contributed by atoms with Crippen LogP contribution >= 0.6 is 0 Å². The van der Waals surface area contributed by atoms with Gasteiger partial charge in [-0.15, -0.1) is 0 Å². The topological polar surface area (TPSA) is 102 Å². The zero-order chi connectivity index (χ0) is 24.7. The minimum atomic E-state index is -0.553. The summed E-state index contributed by atoms with van der Waals surface area (Å²) in [6.07, 6.45) is 1.28. The molecule has 1 aromatic heterocycles. The molecule has 0 radical (unpaired) electrons. The summed E-state index contributed by atoms with van der Waals surface area (Å²) in [5, 5.41) is 6.08. The normalized spacial score (nSPS) is 11.9. The summed E-state index contributed by atoms with van der Waals surface area (Å²) < 4.78 is 2.44. The van der Waals surface area contributed by atoms with E-state index in [1.165, 1.54) is 4.57 Å². The highest BCUT2D eigenvalue weighted by Crippen LogP contribution is 2.08. The number of fused-ring (bicyclic) bond motifs is 1. The molecule has 1 atom stereocenters. The standard InChI is InChI=1S/C26H32N4O4/c1-4-19(3)28-24(32)17-30-22-9-6-5-8-21(22)25(33)29(26(30)34)15-7-10-23(31)27-16-20-13-11-18(2)12-14-20/h5-6,8-9,11-14,19H,4,7,10,15-17H2,1-3H3,(H,27,31)(H,28,32)/t19-/m1/s1. The second-order valence-corrected chi connectivity index (χ2v) is 8.59. The molecule has 1 heterocycles. The summed E-state index contributed by atoms with van der Waals surface area (Å²) in [7, 11) is 0. The number of aryl methyl sites for hydroxylation is 1. The van der Waals surface area contributed by atoms with Gasteiger partial charge >= 0.3 is 5.69 Å². The highest BCUT2D eigenvalue weighted by molar-refractivity contribution is 5.81. The molecular formula is C26H32N4O4. The van der Waals surface area contributed by atoms with E-state index in [4.69, 9.17) is 0 Å². The molecular weight excluding hydrogens is 432 g/mol. The molecule has 8 heteroatoms. The molecule has 180 valence electrons. The number of carbonyl (C=O) groups excluding carboxylic acids is 2. The third-order valence-corrected chi connectivity index (χ3v) is 5.85. The third kappa shape index (κ3) is 6.21. The summed E-state index contributed by atoms with van der Waals surface area (Å²) in [5.41, 5.74) is 1.60. The smallest absolute Gasteiger partial charge is 0.331 e. The molecule has 2 aromatic carbocycles. The average Bonchev–Trinajstić information content (AvgIpc) is 2.83. The zero-order valence-electron chi connectivity index (χ0n) is 20.0. The van der Waals surface area contributed by atoms with Crippen molar-refractivity contribution in [2.75, 3.05) is 0 Å². The maximum absolute atomic E-state index is 13.2. The summed E-state index contributed by atoms with van der Waals surface area (Å²) in [6.45, 7) is 6.19. The Hall–Kier alpha value is -3.68. The summed E-state index contributed by atoms with van der Waals surface area (Å²) >= 11 is 0. The van der Waals surface area contributed by atoms with Crippen molar-refractivity contribution in [2.45, 2.75) is 65.7 Å². The van der Waals surface area contributed by atoms with Crippen LogP contribution in [0.2, 0.25) is 0 Å². The highest BCUT2D eigenvalue weighted by atomic mass is 16.2. The predicted molar refractivity (Wildman–Crippen MR) is 133 cm³/mol. The van der Waals surface area contributed by atoms with Gasteiger partial charge in [-0.3, -0.25) is 23.5 Å². The number of benzene rings is 2. The minimum Gasteiger partial charge on any atom is -0.352 e. The fraction of sp³-hybridized carbons (Fsp3) is 0.385. The van der Waals surface area contributed by atoms with Gasteiger partial charge in [-0.05, 0) is 44.4 Å². The van der Waals surface area contributed by atoms with Gasteiger partial charge in [-0.1, -0.05) is 48.9 Å². The SMILES string of the molecule is CC[C@@H](C)NC(=O)Cn1c(=O)n(CCCC(=O)NCc2ccc(C)cc2)c(=O)c2ccccc21. The Morgan fingerprint density at radius 1 is 0.971 bits per heavy atom. The van der Waals surface area contributed by atoms with Crippen LogP contribution in [0.1, 0.15) is 44.2 Å². The van der Waals surface area contributed by atoms with Gasteiger partial charge in [-0.2, -0.15) is 0 Å². The first kappa shape index (κ1) is 25.0. The lowest BCUT2D eigenvalue weighted by atomic mass is 10.1. The van der Waals surface area contributed by atoms with Crippen molar-refractivity contribution in [1.29, 1.82) is 0 Å². The van der Waals surface area contributed by atoms with Gasteiger partial charge in [0.1, 0.15) is 6.54 Å². The number of para-hydroxylation sites is 1. The molecule has 0 fully saturated rings. The van der Waals surface area contributed by atoms with E-state index in [-0.39, 0.29) is 37.4 Å². The van der Waals surface area contributed by atoms with Gasteiger partial charge in [0.2, 0.25) is 11.8 Å². The van der Waals surface area contributed by atoms with E-state index < -0.39 is 11.2 Å². The van der Waals surface area contributed by atoms with E-state index in [0.717, 1.165) is 22.1 Å². The first-order valence-corrected chi connectivity index (χ1v) is 11.6. The Bertz CT molecular complexity index is 1270. The van der Waals surface area contributed by atoms with Crippen molar-refractivity contribution in [3.8, 4) is 0 Å². The van der Waals surface area contributed by atoms with Crippen molar-refractivity contribution in [3.63, 3.8) is 0 Å². The molecule has 0 bridgehead atoms. The summed E-state index contributed by atoms with van der Waals surface area (Å²) in [4.78, 5) is 50.9. The number of amides is 2. The Morgan fingerprint density at radius 3 is 2.38 bits per heavy atom. The fourth-order valence-corrected chi connectivity index (χ4v) is 3.68. The quantitative estimate of drug-likeness (QED) is 0.481. The van der Waals surface area contributed by atoms with Crippen molar-refractivity contribution in [2.24, 2.45) is 0 Å². The van der Waals surface area contributed by atoms with Crippen molar-refractivity contribution in [1.82, 2.24) is 19.8 Å². The monoisotopic (exact) mass is 464 g/mol. The first-order chi connectivity index (χ1) is 16.3. The lowest BCUT2D eigenvalue weighted by molar-refractivity contribution is -0.122. The molecule has 2 amide bonds. The lowest BCUT2D eigenvalue weighted by Crippen LogP contribution is -2.43. The van der Waals surface area contributed by atoms with Crippen LogP contribution in [0.25, 0.3) is 10.9 Å². The Morgan fingerprint density at radius 2 is 1.68 bits per heavy atom. The second-order valence-electron chi connectivity index (χ2n) is 8.59. The van der Waals surface area contributed by atoms with Crippen LogP contribution < -0.4 is 21.9 Å². The number of hydrogen-bond donors (Lipinski definition) is 2. The molecule has 0 aliphatic heterocycles. The van der Waals surface area contributed by atoms with Crippen LogP contribution in [0.4, 0.5) is 0 Å². The molecule has 2 N–H and O–H groups in total. The summed E-state index contributed by atoms with van der Waals surface area (Å²) in [5.74, 6) is -0.440. The van der Waals surface area contributed by atoms with Gasteiger partial charge in [0.05, 0.1) is 10.9 Å². The number of carbonyl (C=O) groups is 2. The van der Waals surface area contributed by atoms with E-state index in [1.54, 1.807) is 24.3 Å². The fourth-order valence-electron chi connectivity index (χ4n) is 3.68. The number of aromatic nitrogens is 2. The number of hydrogen-bond acceptors (Lipinski definition) is 4. The van der Waals surface area contributed by atoms with Gasteiger partial charge in [-0.25, -0.2) is 4.79 Å². The number of nitrogens with one attached hydrogen (secondary N) is 2. The molecule has 0 spiro atoms. The van der Waals surface area contributed by atoms with E-state index in [2.05, 4.69) is 10.6 Å². The van der Waals surface area contributed by atoms with E-state index in [9.17, 15) is 19.2 Å². The molecule has 3 rings (SSSR count). The van der Waals surface area contributed by atoms with E-state index in [0.29, 0.717) is 23.9 Å². The highest BCUT2D eigenvalue weighted by Gasteiger charge is 2.16. The van der Waals surface area contributed by atoms with E-state index in [1.807, 2.05) is 45.0 Å². The first-order valence-electron chi connectivity index (χ1n) is 11.6. The molecule has 0 aliphatic carbocycles. The maximum atomic E-state index is 13.2. The molecule has 0 unspecified atom stereocenters. The van der Waals surface area contributed by atoms with Crippen LogP contribution in [0.5, 0.6) is 0 Å². The Balaban J connectivity index is 1.72. The van der Waals surface area contributed by atoms with Crippen LogP contribution in [-0.2, 0) is 29.2 Å². The summed E-state index contributed by atoms with van der Waals surface area (Å²) in [6, 6.07) is 14.6. The van der Waals surface area contributed by atoms with Crippen molar-refractivity contribution < 1.29 is 9.59 Å². The molecule has 0 aliphatic rings. The average molecular weight is 465 g/mol. The molecule has 0 saturated carbocycles. The van der Waals surface area contributed by atoms with Gasteiger partial charge < -0.3 is 10.6 Å². The van der Waals surface area contributed by atoms with Crippen molar-refractivity contribution >= 4 is 22.7 Å². The molecule has 0 saturated heterocycles. The van der Waals surface area contributed by atoms with Gasteiger partial charge in [0.15, 0.2) is 0 Å². The second kappa shape index (κ2) is 11.4. The van der Waals surface area contributed by atoms with Crippen molar-refractivity contribution in [3.05, 3.63) is 80.5 Å². The lowest BCUT2D eigenvalue weighted by Gasteiger charge is -2.16. The van der Waals surface area contributed by atoms with Crippen LogP contribution in [0.15, 0.2) is 58.1 Å². The molecule has 8 nitrogen and oxygen atoms in total. The number of nitrogens with zero attached hydrogens (tertiary/aromatic N) is 2.